The van der Waals surface area contributed by atoms with Crippen LogP contribution in [0.25, 0.3) is 0 Å². The Hall–Kier alpha value is -1.06. The summed E-state index contributed by atoms with van der Waals surface area (Å²) in [6.45, 7) is 7.25. The van der Waals surface area contributed by atoms with Gasteiger partial charge in [0.05, 0.1) is 5.54 Å². The molecule has 112 valence electrons. The van der Waals surface area contributed by atoms with Gasteiger partial charge in [0.1, 0.15) is 0 Å². The molecule has 1 fully saturated rings. The first-order valence-corrected chi connectivity index (χ1v) is 7.18. The van der Waals surface area contributed by atoms with Gasteiger partial charge in [0.25, 0.3) is 0 Å². The van der Waals surface area contributed by atoms with Crippen molar-refractivity contribution in [3.8, 4) is 0 Å². The highest BCUT2D eigenvalue weighted by molar-refractivity contribution is 5.97. The molecule has 20 heavy (non-hydrogen) atoms. The van der Waals surface area contributed by atoms with Gasteiger partial charge in [0.2, 0.25) is 5.91 Å². The lowest BCUT2D eigenvalue weighted by Crippen LogP contribution is -2.54. The van der Waals surface area contributed by atoms with E-state index in [2.05, 4.69) is 36.6 Å². The molecule has 0 saturated carbocycles. The molecule has 1 aliphatic heterocycles. The van der Waals surface area contributed by atoms with Crippen molar-refractivity contribution in [3.05, 3.63) is 29.8 Å². The Morgan fingerprint density at radius 3 is 2.40 bits per heavy atom. The van der Waals surface area contributed by atoms with Crippen LogP contribution in [0.3, 0.4) is 0 Å². The van der Waals surface area contributed by atoms with Gasteiger partial charge in [-0.05, 0) is 56.3 Å². The lowest BCUT2D eigenvalue weighted by atomic mass is 9.90. The Bertz CT molecular complexity index is 436. The van der Waals surface area contributed by atoms with Crippen molar-refractivity contribution in [2.24, 2.45) is 0 Å². The van der Waals surface area contributed by atoms with Gasteiger partial charge in [0, 0.05) is 5.69 Å². The second-order valence-corrected chi connectivity index (χ2v) is 5.95. The third-order valence-corrected chi connectivity index (χ3v) is 3.96. The lowest BCUT2D eigenvalue weighted by molar-refractivity contribution is -0.122. The van der Waals surface area contributed by atoms with Gasteiger partial charge >= 0.3 is 0 Å². The topological polar surface area (TPSA) is 41.1 Å². The van der Waals surface area contributed by atoms with Crippen molar-refractivity contribution in [2.75, 3.05) is 11.9 Å². The van der Waals surface area contributed by atoms with Gasteiger partial charge in [-0.3, -0.25) is 4.79 Å². The number of carbonyl (C=O) groups is 1. The van der Waals surface area contributed by atoms with E-state index in [1.54, 1.807) is 0 Å². The maximum atomic E-state index is 12.3. The van der Waals surface area contributed by atoms with Crippen LogP contribution in [0.4, 0.5) is 5.69 Å². The zero-order chi connectivity index (χ0) is 13.9. The summed E-state index contributed by atoms with van der Waals surface area (Å²) in [6.07, 6.45) is 3.18. The highest BCUT2D eigenvalue weighted by Gasteiger charge is 2.34. The summed E-state index contributed by atoms with van der Waals surface area (Å²) in [4.78, 5) is 12.3. The number of carbonyl (C=O) groups excluding carboxylic acids is 1. The third kappa shape index (κ3) is 3.97. The number of hydrogen-bond donors (Lipinski definition) is 2. The molecule has 1 saturated heterocycles. The first kappa shape index (κ1) is 17.0. The zero-order valence-corrected chi connectivity index (χ0v) is 13.3. The standard InChI is InChI=1S/C16H24N2O.ClH/c1-12(2)13-6-8-14(9-7-13)18-15(19)16(3)10-4-5-11-17-16;/h6-9,12,17H,4-5,10-11H2,1-3H3,(H,18,19);1H. The van der Waals surface area contributed by atoms with E-state index >= 15 is 0 Å². The molecule has 1 atom stereocenters. The van der Waals surface area contributed by atoms with Gasteiger partial charge in [-0.1, -0.05) is 26.0 Å². The number of anilines is 1. The normalized spacial score (nSPS) is 22.2. The summed E-state index contributed by atoms with van der Waals surface area (Å²) >= 11 is 0. The summed E-state index contributed by atoms with van der Waals surface area (Å²) in [5.41, 5.74) is 1.75. The third-order valence-electron chi connectivity index (χ3n) is 3.96. The molecule has 1 aliphatic rings. The van der Waals surface area contributed by atoms with Crippen molar-refractivity contribution < 1.29 is 4.79 Å². The Kier molecular flexibility index (Phi) is 6.03. The van der Waals surface area contributed by atoms with Crippen LogP contribution in [0.2, 0.25) is 0 Å². The van der Waals surface area contributed by atoms with E-state index < -0.39 is 5.54 Å². The molecule has 3 nitrogen and oxygen atoms in total. The molecule has 0 aliphatic carbocycles. The SMILES string of the molecule is CC(C)c1ccc(NC(=O)C2(C)CCCCN2)cc1.Cl. The molecule has 4 heteroatoms. The first-order valence-electron chi connectivity index (χ1n) is 7.18. The van der Waals surface area contributed by atoms with Crippen molar-refractivity contribution >= 4 is 24.0 Å². The average molecular weight is 297 g/mol. The van der Waals surface area contributed by atoms with Crippen molar-refractivity contribution in [1.82, 2.24) is 5.32 Å². The van der Waals surface area contributed by atoms with Crippen LogP contribution in [0.1, 0.15) is 51.5 Å². The number of hydrogen-bond acceptors (Lipinski definition) is 2. The zero-order valence-electron chi connectivity index (χ0n) is 12.5. The molecule has 2 N–H and O–H groups in total. The minimum atomic E-state index is -0.422. The monoisotopic (exact) mass is 296 g/mol. The van der Waals surface area contributed by atoms with Gasteiger partial charge < -0.3 is 10.6 Å². The summed E-state index contributed by atoms with van der Waals surface area (Å²) in [5.74, 6) is 0.590. The maximum Gasteiger partial charge on any atom is 0.244 e. The van der Waals surface area contributed by atoms with E-state index in [0.717, 1.165) is 31.5 Å². The maximum absolute atomic E-state index is 12.3. The molecular formula is C16H25ClN2O. The fraction of sp³-hybridized carbons (Fsp3) is 0.562. The fourth-order valence-corrected chi connectivity index (χ4v) is 2.47. The van der Waals surface area contributed by atoms with E-state index in [9.17, 15) is 4.79 Å². The van der Waals surface area contributed by atoms with Crippen molar-refractivity contribution in [2.45, 2.75) is 51.5 Å². The first-order chi connectivity index (χ1) is 9.01. The second kappa shape index (κ2) is 7.09. The summed E-state index contributed by atoms with van der Waals surface area (Å²) in [5, 5.41) is 6.35. The Labute approximate surface area is 127 Å². The molecule has 1 aromatic carbocycles. The predicted octanol–water partition coefficient (Wildman–Crippen LogP) is 3.70. The Morgan fingerprint density at radius 2 is 1.90 bits per heavy atom. The lowest BCUT2D eigenvalue weighted by Gasteiger charge is -2.33. The molecule has 0 bridgehead atoms. The molecule has 0 radical (unpaired) electrons. The van der Waals surface area contributed by atoms with E-state index in [0.29, 0.717) is 5.92 Å². The molecule has 1 unspecified atom stereocenters. The number of benzene rings is 1. The Balaban J connectivity index is 0.00000200. The van der Waals surface area contributed by atoms with Crippen LogP contribution in [0, 0.1) is 0 Å². The highest BCUT2D eigenvalue weighted by Crippen LogP contribution is 2.22. The second-order valence-electron chi connectivity index (χ2n) is 5.95. The van der Waals surface area contributed by atoms with Crippen LogP contribution in [0.15, 0.2) is 24.3 Å². The van der Waals surface area contributed by atoms with Gasteiger partial charge in [0.15, 0.2) is 0 Å². The van der Waals surface area contributed by atoms with Crippen LogP contribution in [-0.2, 0) is 4.79 Å². The van der Waals surface area contributed by atoms with Gasteiger partial charge in [-0.25, -0.2) is 0 Å². The number of rotatable bonds is 3. The van der Waals surface area contributed by atoms with E-state index in [1.807, 2.05) is 19.1 Å². The minimum absolute atomic E-state index is 0. The smallest absolute Gasteiger partial charge is 0.244 e. The van der Waals surface area contributed by atoms with Crippen LogP contribution < -0.4 is 10.6 Å². The molecule has 0 aromatic heterocycles. The van der Waals surface area contributed by atoms with E-state index in [-0.39, 0.29) is 18.3 Å². The van der Waals surface area contributed by atoms with Crippen molar-refractivity contribution in [1.29, 1.82) is 0 Å². The van der Waals surface area contributed by atoms with Gasteiger partial charge in [-0.2, -0.15) is 0 Å². The molecular weight excluding hydrogens is 272 g/mol. The molecule has 1 amide bonds. The number of piperidine rings is 1. The van der Waals surface area contributed by atoms with Crippen LogP contribution >= 0.6 is 12.4 Å². The molecule has 1 heterocycles. The Morgan fingerprint density at radius 1 is 1.25 bits per heavy atom. The quantitative estimate of drug-likeness (QED) is 0.893. The van der Waals surface area contributed by atoms with E-state index in [1.165, 1.54) is 5.56 Å². The minimum Gasteiger partial charge on any atom is -0.324 e. The molecule has 1 aromatic rings. The summed E-state index contributed by atoms with van der Waals surface area (Å²) < 4.78 is 0. The predicted molar refractivity (Wildman–Crippen MR) is 86.7 cm³/mol. The number of amides is 1. The fourth-order valence-electron chi connectivity index (χ4n) is 2.47. The number of halogens is 1. The van der Waals surface area contributed by atoms with Crippen molar-refractivity contribution in [3.63, 3.8) is 0 Å². The van der Waals surface area contributed by atoms with Crippen LogP contribution in [0.5, 0.6) is 0 Å². The molecule has 2 rings (SSSR count). The molecule has 0 spiro atoms. The van der Waals surface area contributed by atoms with Gasteiger partial charge in [-0.15, -0.1) is 12.4 Å². The largest absolute Gasteiger partial charge is 0.324 e. The van der Waals surface area contributed by atoms with E-state index in [4.69, 9.17) is 0 Å². The summed E-state index contributed by atoms with van der Waals surface area (Å²) in [7, 11) is 0. The number of nitrogens with one attached hydrogen (secondary N) is 2. The highest BCUT2D eigenvalue weighted by atomic mass is 35.5. The summed E-state index contributed by atoms with van der Waals surface area (Å²) in [6, 6.07) is 8.13. The average Bonchev–Trinajstić information content (AvgIpc) is 2.40. The van der Waals surface area contributed by atoms with Crippen LogP contribution in [-0.4, -0.2) is 18.0 Å².